The quantitative estimate of drug-likeness (QED) is 0.874. The van der Waals surface area contributed by atoms with Gasteiger partial charge in [0.05, 0.1) is 0 Å². The maximum atomic E-state index is 11.2. The van der Waals surface area contributed by atoms with Gasteiger partial charge in [0.2, 0.25) is 5.91 Å². The van der Waals surface area contributed by atoms with E-state index in [0.29, 0.717) is 5.02 Å². The van der Waals surface area contributed by atoms with E-state index in [4.69, 9.17) is 16.7 Å². The molecule has 0 aliphatic rings. The van der Waals surface area contributed by atoms with Crippen molar-refractivity contribution in [2.75, 3.05) is 6.54 Å². The van der Waals surface area contributed by atoms with Crippen molar-refractivity contribution in [2.45, 2.75) is 13.5 Å². The van der Waals surface area contributed by atoms with Crippen LogP contribution in [-0.2, 0) is 16.1 Å². The molecular formula is C11H12ClNO3. The molecule has 4 nitrogen and oxygen atoms in total. The Labute approximate surface area is 98.4 Å². The van der Waals surface area contributed by atoms with Crippen LogP contribution in [0.5, 0.6) is 0 Å². The standard InChI is InChI=1S/C11H12ClNO3/c1-8(14)13(7-11(15)16)6-9-3-2-4-10(12)5-9/h2-5H,6-7H2,1H3,(H,15,16). The van der Waals surface area contributed by atoms with Crippen LogP contribution in [0.3, 0.4) is 0 Å². The predicted octanol–water partition coefficient (Wildman–Crippen LogP) is 1.77. The normalized spacial score (nSPS) is 9.88. The third-order valence-corrected chi connectivity index (χ3v) is 2.27. The van der Waals surface area contributed by atoms with E-state index in [0.717, 1.165) is 5.56 Å². The smallest absolute Gasteiger partial charge is 0.323 e. The Bertz CT molecular complexity index is 406. The van der Waals surface area contributed by atoms with Gasteiger partial charge >= 0.3 is 5.97 Å². The monoisotopic (exact) mass is 241 g/mol. The van der Waals surface area contributed by atoms with Crippen molar-refractivity contribution < 1.29 is 14.7 Å². The Morgan fingerprint density at radius 2 is 2.12 bits per heavy atom. The van der Waals surface area contributed by atoms with Gasteiger partial charge in [-0.1, -0.05) is 23.7 Å². The van der Waals surface area contributed by atoms with Crippen molar-refractivity contribution >= 4 is 23.5 Å². The van der Waals surface area contributed by atoms with Crippen molar-refractivity contribution in [3.63, 3.8) is 0 Å². The Hall–Kier alpha value is -1.55. The van der Waals surface area contributed by atoms with Crippen LogP contribution in [0.2, 0.25) is 5.02 Å². The molecule has 0 saturated heterocycles. The molecule has 1 rings (SSSR count). The fourth-order valence-corrected chi connectivity index (χ4v) is 1.51. The van der Waals surface area contributed by atoms with Crippen LogP contribution >= 0.6 is 11.6 Å². The highest BCUT2D eigenvalue weighted by Crippen LogP contribution is 2.12. The van der Waals surface area contributed by atoms with Crippen LogP contribution in [0, 0.1) is 0 Å². The fraction of sp³-hybridized carbons (Fsp3) is 0.273. The lowest BCUT2D eigenvalue weighted by Crippen LogP contribution is -2.33. The van der Waals surface area contributed by atoms with Crippen molar-refractivity contribution in [3.05, 3.63) is 34.9 Å². The van der Waals surface area contributed by atoms with Gasteiger partial charge in [-0.05, 0) is 17.7 Å². The minimum atomic E-state index is -1.03. The van der Waals surface area contributed by atoms with Crippen LogP contribution in [0.1, 0.15) is 12.5 Å². The first-order valence-corrected chi connectivity index (χ1v) is 5.08. The van der Waals surface area contributed by atoms with Gasteiger partial charge in [0.25, 0.3) is 0 Å². The summed E-state index contributed by atoms with van der Waals surface area (Å²) in [5, 5.41) is 9.21. The Morgan fingerprint density at radius 1 is 1.44 bits per heavy atom. The number of halogens is 1. The largest absolute Gasteiger partial charge is 0.480 e. The Kier molecular flexibility index (Phi) is 4.31. The van der Waals surface area contributed by atoms with E-state index in [-0.39, 0.29) is 19.0 Å². The van der Waals surface area contributed by atoms with E-state index < -0.39 is 5.97 Å². The van der Waals surface area contributed by atoms with E-state index in [1.165, 1.54) is 11.8 Å². The fourth-order valence-electron chi connectivity index (χ4n) is 1.30. The molecule has 0 atom stereocenters. The number of hydrogen-bond donors (Lipinski definition) is 1. The van der Waals surface area contributed by atoms with Crippen molar-refractivity contribution in [2.24, 2.45) is 0 Å². The maximum absolute atomic E-state index is 11.2. The molecule has 0 saturated carbocycles. The van der Waals surface area contributed by atoms with Crippen LogP contribution < -0.4 is 0 Å². The molecule has 0 aliphatic heterocycles. The van der Waals surface area contributed by atoms with E-state index in [2.05, 4.69) is 0 Å². The average molecular weight is 242 g/mol. The SMILES string of the molecule is CC(=O)N(CC(=O)O)Cc1cccc(Cl)c1. The summed E-state index contributed by atoms with van der Waals surface area (Å²) < 4.78 is 0. The molecule has 0 spiro atoms. The van der Waals surface area contributed by atoms with Gasteiger partial charge in [0.15, 0.2) is 0 Å². The molecule has 0 unspecified atom stereocenters. The van der Waals surface area contributed by atoms with E-state index in [1.807, 2.05) is 0 Å². The number of benzene rings is 1. The summed E-state index contributed by atoms with van der Waals surface area (Å²) in [7, 11) is 0. The highest BCUT2D eigenvalue weighted by atomic mass is 35.5. The van der Waals surface area contributed by atoms with Crippen LogP contribution in [-0.4, -0.2) is 28.4 Å². The summed E-state index contributed by atoms with van der Waals surface area (Å²) >= 11 is 5.79. The number of carbonyl (C=O) groups excluding carboxylic acids is 1. The third-order valence-electron chi connectivity index (χ3n) is 2.03. The second kappa shape index (κ2) is 5.51. The molecule has 16 heavy (non-hydrogen) atoms. The van der Waals surface area contributed by atoms with Crippen LogP contribution in [0.25, 0.3) is 0 Å². The zero-order chi connectivity index (χ0) is 12.1. The lowest BCUT2D eigenvalue weighted by Gasteiger charge is -2.18. The highest BCUT2D eigenvalue weighted by molar-refractivity contribution is 6.30. The average Bonchev–Trinajstić information content (AvgIpc) is 2.15. The van der Waals surface area contributed by atoms with Crippen molar-refractivity contribution in [1.82, 2.24) is 4.90 Å². The van der Waals surface area contributed by atoms with E-state index in [9.17, 15) is 9.59 Å². The van der Waals surface area contributed by atoms with Crippen LogP contribution in [0.4, 0.5) is 0 Å². The van der Waals surface area contributed by atoms with Crippen LogP contribution in [0.15, 0.2) is 24.3 Å². The molecule has 1 amide bonds. The number of aliphatic carboxylic acids is 1. The molecule has 5 heteroatoms. The molecule has 0 bridgehead atoms. The molecule has 0 fully saturated rings. The van der Waals surface area contributed by atoms with E-state index >= 15 is 0 Å². The molecule has 1 aromatic carbocycles. The molecule has 86 valence electrons. The first-order valence-electron chi connectivity index (χ1n) is 4.71. The van der Waals surface area contributed by atoms with Crippen molar-refractivity contribution in [1.29, 1.82) is 0 Å². The molecule has 0 heterocycles. The molecule has 1 aromatic rings. The van der Waals surface area contributed by atoms with Gasteiger partial charge in [0.1, 0.15) is 6.54 Å². The third kappa shape index (κ3) is 3.90. The minimum absolute atomic E-state index is 0.252. The summed E-state index contributed by atoms with van der Waals surface area (Å²) in [6.07, 6.45) is 0. The number of rotatable bonds is 4. The lowest BCUT2D eigenvalue weighted by molar-refractivity contribution is -0.144. The number of carbonyl (C=O) groups is 2. The number of nitrogens with zero attached hydrogens (tertiary/aromatic N) is 1. The number of carboxylic acid groups (broad SMARTS) is 1. The number of hydrogen-bond acceptors (Lipinski definition) is 2. The zero-order valence-electron chi connectivity index (χ0n) is 8.81. The van der Waals surface area contributed by atoms with E-state index in [1.54, 1.807) is 24.3 Å². The van der Waals surface area contributed by atoms with Gasteiger partial charge in [-0.25, -0.2) is 0 Å². The highest BCUT2D eigenvalue weighted by Gasteiger charge is 2.13. The summed E-state index contributed by atoms with van der Waals surface area (Å²) in [4.78, 5) is 23.0. The topological polar surface area (TPSA) is 57.6 Å². The molecule has 0 aromatic heterocycles. The maximum Gasteiger partial charge on any atom is 0.323 e. The zero-order valence-corrected chi connectivity index (χ0v) is 9.57. The summed E-state index contributed by atoms with van der Waals surface area (Å²) in [5.74, 6) is -1.31. The van der Waals surface area contributed by atoms with Gasteiger partial charge < -0.3 is 10.0 Å². The first-order chi connectivity index (χ1) is 7.49. The molecular weight excluding hydrogens is 230 g/mol. The van der Waals surface area contributed by atoms with Gasteiger partial charge in [-0.15, -0.1) is 0 Å². The summed E-state index contributed by atoms with van der Waals surface area (Å²) in [5.41, 5.74) is 0.809. The molecule has 1 N–H and O–H groups in total. The lowest BCUT2D eigenvalue weighted by atomic mass is 10.2. The minimum Gasteiger partial charge on any atom is -0.480 e. The van der Waals surface area contributed by atoms with Gasteiger partial charge in [0, 0.05) is 18.5 Å². The Balaban J connectivity index is 2.75. The number of amides is 1. The second-order valence-electron chi connectivity index (χ2n) is 3.40. The Morgan fingerprint density at radius 3 is 2.62 bits per heavy atom. The summed E-state index contributed by atoms with van der Waals surface area (Å²) in [6.45, 7) is 1.29. The van der Waals surface area contributed by atoms with Crippen molar-refractivity contribution in [3.8, 4) is 0 Å². The second-order valence-corrected chi connectivity index (χ2v) is 3.84. The number of carboxylic acids is 1. The molecule has 0 radical (unpaired) electrons. The first kappa shape index (κ1) is 12.5. The predicted molar refractivity (Wildman–Crippen MR) is 60.2 cm³/mol. The van der Waals surface area contributed by atoms with Gasteiger partial charge in [-0.3, -0.25) is 9.59 Å². The summed E-state index contributed by atoms with van der Waals surface area (Å²) in [6, 6.07) is 6.99. The molecule has 0 aliphatic carbocycles. The van der Waals surface area contributed by atoms with Gasteiger partial charge in [-0.2, -0.15) is 0 Å².